The Balaban J connectivity index is 1.43. The van der Waals surface area contributed by atoms with Crippen LogP contribution in [0.15, 0.2) is 0 Å². The van der Waals surface area contributed by atoms with Crippen molar-refractivity contribution < 1.29 is 14.4 Å². The fraction of sp³-hybridized carbons (Fsp3) is 0.818. The van der Waals surface area contributed by atoms with Gasteiger partial charge in [0.25, 0.3) is 0 Å². The van der Waals surface area contributed by atoms with Crippen LogP contribution in [0.5, 0.6) is 0 Å². The summed E-state index contributed by atoms with van der Waals surface area (Å²) in [5, 5.41) is 15.8. The van der Waals surface area contributed by atoms with E-state index >= 15 is 0 Å². The van der Waals surface area contributed by atoms with Crippen LogP contribution in [0, 0.1) is 23.2 Å². The van der Waals surface area contributed by atoms with Crippen LogP contribution in [0.2, 0.25) is 0 Å². The Morgan fingerprint density at radius 3 is 2.66 bits per heavy atom. The van der Waals surface area contributed by atoms with Gasteiger partial charge in [-0.2, -0.15) is 5.26 Å². The number of likely N-dealkylation sites (tertiary alicyclic amines) is 1. The maximum Gasteiger partial charge on any atom is 0.243 e. The van der Waals surface area contributed by atoms with E-state index in [9.17, 15) is 19.6 Å². The first-order chi connectivity index (χ1) is 14.0. The fourth-order valence-electron chi connectivity index (χ4n) is 5.33. The van der Waals surface area contributed by atoms with Crippen molar-refractivity contribution in [2.24, 2.45) is 11.8 Å². The number of nitriles is 1. The molecule has 4 rings (SSSR count). The Hall–Kier alpha value is -1.94. The number of nitrogens with one attached hydrogen (secondary N) is 2. The number of piperidine rings is 1. The van der Waals surface area contributed by atoms with Gasteiger partial charge in [0.2, 0.25) is 11.8 Å². The van der Waals surface area contributed by atoms with E-state index in [4.69, 9.17) is 0 Å². The first kappa shape index (κ1) is 20.3. The molecule has 2 heterocycles. The number of Topliss-reactive ketones (excluding diaryl/α,β-unsaturated/α-hetero) is 1. The van der Waals surface area contributed by atoms with Gasteiger partial charge in [-0.25, -0.2) is 0 Å². The van der Waals surface area contributed by atoms with Gasteiger partial charge in [0, 0.05) is 18.9 Å². The molecule has 2 saturated heterocycles. The zero-order chi connectivity index (χ0) is 20.4. The predicted molar refractivity (Wildman–Crippen MR) is 107 cm³/mol. The largest absolute Gasteiger partial charge is 0.339 e. The van der Waals surface area contributed by atoms with Crippen LogP contribution in [0.3, 0.4) is 0 Å². The van der Waals surface area contributed by atoms with E-state index in [0.717, 1.165) is 57.9 Å². The van der Waals surface area contributed by atoms with Crippen molar-refractivity contribution in [1.29, 1.82) is 5.26 Å². The lowest BCUT2D eigenvalue weighted by atomic mass is 9.87. The summed E-state index contributed by atoms with van der Waals surface area (Å²) in [5.74, 6) is 0.401. The van der Waals surface area contributed by atoms with Gasteiger partial charge in [-0.15, -0.1) is 0 Å². The number of hydrogen-bond acceptors (Lipinski definition) is 5. The molecule has 0 bridgehead atoms. The average molecular weight is 401 g/mol. The Bertz CT molecular complexity index is 705. The highest BCUT2D eigenvalue weighted by molar-refractivity contribution is 5.94. The molecule has 4 aliphatic rings. The summed E-state index contributed by atoms with van der Waals surface area (Å²) in [6.45, 7) is 1.44. The number of carbonyl (C=O) groups excluding carboxylic acids is 3. The first-order valence-electron chi connectivity index (χ1n) is 11.3. The summed E-state index contributed by atoms with van der Waals surface area (Å²) in [6, 6.07) is 0.986. The Morgan fingerprint density at radius 1 is 1.21 bits per heavy atom. The summed E-state index contributed by atoms with van der Waals surface area (Å²) in [7, 11) is 0. The summed E-state index contributed by atoms with van der Waals surface area (Å²) in [6.07, 6.45) is 9.24. The number of amides is 2. The topological polar surface area (TPSA) is 102 Å². The van der Waals surface area contributed by atoms with Crippen molar-refractivity contribution in [3.05, 3.63) is 0 Å². The van der Waals surface area contributed by atoms with Crippen molar-refractivity contribution in [1.82, 2.24) is 15.5 Å². The predicted octanol–water partition coefficient (Wildman–Crippen LogP) is 1.67. The van der Waals surface area contributed by atoms with Crippen molar-refractivity contribution in [2.45, 2.75) is 88.3 Å². The lowest BCUT2D eigenvalue weighted by Gasteiger charge is -2.35. The second-order valence-electron chi connectivity index (χ2n) is 9.39. The van der Waals surface area contributed by atoms with E-state index in [-0.39, 0.29) is 23.5 Å². The van der Waals surface area contributed by atoms with Crippen LogP contribution in [0.4, 0.5) is 0 Å². The quantitative estimate of drug-likeness (QED) is 0.677. The summed E-state index contributed by atoms with van der Waals surface area (Å²) >= 11 is 0. The molecule has 4 fully saturated rings. The molecular formula is C22H32N4O3. The molecule has 2 saturated carbocycles. The average Bonchev–Trinajstić information content (AvgIpc) is 3.40. The summed E-state index contributed by atoms with van der Waals surface area (Å²) in [4.78, 5) is 40.2. The zero-order valence-electron chi connectivity index (χ0n) is 17.1. The van der Waals surface area contributed by atoms with Crippen molar-refractivity contribution in [3.63, 3.8) is 0 Å². The van der Waals surface area contributed by atoms with E-state index < -0.39 is 17.6 Å². The monoisotopic (exact) mass is 400 g/mol. The highest BCUT2D eigenvalue weighted by atomic mass is 16.2. The molecule has 0 radical (unpaired) electrons. The molecule has 2 amide bonds. The SMILES string of the molecule is N#C[C@H](C[C@@H]1CCCC1=O)NC(=O)[C@@H](CC1CC1)N1CCC2(CCCCN2)C1=O. The van der Waals surface area contributed by atoms with Gasteiger partial charge < -0.3 is 15.5 Å². The fourth-order valence-corrected chi connectivity index (χ4v) is 5.33. The molecule has 158 valence electrons. The Kier molecular flexibility index (Phi) is 5.91. The van der Waals surface area contributed by atoms with Crippen LogP contribution in [0.1, 0.15) is 70.6 Å². The third-order valence-corrected chi connectivity index (χ3v) is 7.30. The molecule has 1 unspecified atom stereocenters. The lowest BCUT2D eigenvalue weighted by molar-refractivity contribution is -0.142. The van der Waals surface area contributed by atoms with Crippen LogP contribution < -0.4 is 10.6 Å². The van der Waals surface area contributed by atoms with Crippen LogP contribution in [-0.2, 0) is 14.4 Å². The third kappa shape index (κ3) is 4.32. The van der Waals surface area contributed by atoms with Gasteiger partial charge in [0.15, 0.2) is 0 Å². The number of rotatable bonds is 7. The number of nitrogens with zero attached hydrogens (tertiary/aromatic N) is 2. The van der Waals surface area contributed by atoms with E-state index in [1.807, 2.05) is 0 Å². The molecule has 7 heteroatoms. The minimum atomic E-state index is -0.671. The highest BCUT2D eigenvalue weighted by Gasteiger charge is 2.50. The van der Waals surface area contributed by atoms with Crippen molar-refractivity contribution >= 4 is 17.6 Å². The van der Waals surface area contributed by atoms with Gasteiger partial charge >= 0.3 is 0 Å². The maximum atomic E-state index is 13.3. The van der Waals surface area contributed by atoms with Gasteiger partial charge in [-0.3, -0.25) is 14.4 Å². The second-order valence-corrected chi connectivity index (χ2v) is 9.39. The smallest absolute Gasteiger partial charge is 0.243 e. The Labute approximate surface area is 172 Å². The van der Waals surface area contributed by atoms with Gasteiger partial charge in [-0.1, -0.05) is 12.8 Å². The van der Waals surface area contributed by atoms with Crippen molar-refractivity contribution in [3.8, 4) is 6.07 Å². The van der Waals surface area contributed by atoms with Crippen LogP contribution >= 0.6 is 0 Å². The number of ketones is 1. The second kappa shape index (κ2) is 8.43. The van der Waals surface area contributed by atoms with E-state index in [0.29, 0.717) is 31.7 Å². The normalized spacial score (nSPS) is 31.7. The van der Waals surface area contributed by atoms with E-state index in [2.05, 4.69) is 16.7 Å². The lowest BCUT2D eigenvalue weighted by Crippen LogP contribution is -2.57. The van der Waals surface area contributed by atoms with Gasteiger partial charge in [0.05, 0.1) is 11.6 Å². The third-order valence-electron chi connectivity index (χ3n) is 7.30. The van der Waals surface area contributed by atoms with Crippen molar-refractivity contribution in [2.75, 3.05) is 13.1 Å². The molecule has 2 N–H and O–H groups in total. The molecule has 7 nitrogen and oxygen atoms in total. The molecule has 2 aliphatic heterocycles. The standard InChI is InChI=1S/C22H32N4O3/c23-14-17(13-16-4-3-5-19(16)27)25-20(28)18(12-15-6-7-15)26-11-9-22(21(26)29)8-1-2-10-24-22/h15-18,24H,1-13H2,(H,25,28)/t16-,17-,18+,22?/m0/s1. The number of carbonyl (C=O) groups is 3. The molecule has 1 spiro atoms. The molecule has 0 aromatic heterocycles. The van der Waals surface area contributed by atoms with E-state index in [1.54, 1.807) is 4.90 Å². The molecule has 29 heavy (non-hydrogen) atoms. The molecule has 4 atom stereocenters. The van der Waals surface area contributed by atoms with Gasteiger partial charge in [-0.05, 0) is 63.8 Å². The minimum Gasteiger partial charge on any atom is -0.339 e. The van der Waals surface area contributed by atoms with E-state index in [1.165, 1.54) is 0 Å². The first-order valence-corrected chi connectivity index (χ1v) is 11.3. The minimum absolute atomic E-state index is 0.0532. The van der Waals surface area contributed by atoms with Gasteiger partial charge in [0.1, 0.15) is 17.9 Å². The van der Waals surface area contributed by atoms with Crippen LogP contribution in [-0.4, -0.2) is 53.2 Å². The summed E-state index contributed by atoms with van der Waals surface area (Å²) < 4.78 is 0. The molecule has 0 aromatic carbocycles. The molecule has 0 aromatic rings. The molecule has 2 aliphatic carbocycles. The highest BCUT2D eigenvalue weighted by Crippen LogP contribution is 2.38. The zero-order valence-corrected chi connectivity index (χ0v) is 17.1. The summed E-state index contributed by atoms with van der Waals surface area (Å²) in [5.41, 5.74) is -0.495. The van der Waals surface area contributed by atoms with Crippen LogP contribution in [0.25, 0.3) is 0 Å². The molecular weight excluding hydrogens is 368 g/mol. The number of hydrogen-bond donors (Lipinski definition) is 2. The maximum absolute atomic E-state index is 13.3. The Morgan fingerprint density at radius 2 is 2.03 bits per heavy atom.